The standard InChI is InChI=1S/C18H24N2O2S2/c1-13(17(22)20-9-3-2-4-10-20)19-16(21)14-5-7-15(8-6-14)18-23-11-12-24-18/h5-8,13,18H,2-4,9-12H2,1H3,(H,19,21)/t13-/m1/s1. The van der Waals surface area contributed by atoms with Crippen molar-refractivity contribution < 1.29 is 9.59 Å². The molecule has 3 rings (SSSR count). The molecule has 1 aromatic rings. The van der Waals surface area contributed by atoms with Crippen LogP contribution >= 0.6 is 23.5 Å². The number of thioether (sulfide) groups is 2. The fraction of sp³-hybridized carbons (Fsp3) is 0.556. The largest absolute Gasteiger partial charge is 0.341 e. The Balaban J connectivity index is 1.56. The van der Waals surface area contributed by atoms with E-state index in [1.165, 1.54) is 23.5 Å². The van der Waals surface area contributed by atoms with E-state index in [1.807, 2.05) is 52.7 Å². The third-order valence-electron chi connectivity index (χ3n) is 4.45. The van der Waals surface area contributed by atoms with E-state index in [0.717, 1.165) is 25.9 Å². The third-order valence-corrected chi connectivity index (χ3v) is 7.56. The van der Waals surface area contributed by atoms with Gasteiger partial charge >= 0.3 is 0 Å². The van der Waals surface area contributed by atoms with Gasteiger partial charge in [-0.3, -0.25) is 9.59 Å². The van der Waals surface area contributed by atoms with E-state index in [0.29, 0.717) is 10.1 Å². The molecule has 4 nitrogen and oxygen atoms in total. The van der Waals surface area contributed by atoms with Crippen LogP contribution in [0.4, 0.5) is 0 Å². The summed E-state index contributed by atoms with van der Waals surface area (Å²) in [4.78, 5) is 26.6. The Kier molecular flexibility index (Phi) is 6.11. The number of carbonyl (C=O) groups excluding carboxylic acids is 2. The SMILES string of the molecule is C[C@@H](NC(=O)c1ccc(C2SCCS2)cc1)C(=O)N1CCCCC1. The second-order valence-electron chi connectivity index (χ2n) is 6.28. The summed E-state index contributed by atoms with van der Waals surface area (Å²) in [5.74, 6) is 2.23. The van der Waals surface area contributed by atoms with Crippen molar-refractivity contribution in [2.24, 2.45) is 0 Å². The highest BCUT2D eigenvalue weighted by Crippen LogP contribution is 2.45. The average Bonchev–Trinajstić information content (AvgIpc) is 3.16. The van der Waals surface area contributed by atoms with Gasteiger partial charge in [-0.1, -0.05) is 12.1 Å². The maximum absolute atomic E-state index is 12.4. The van der Waals surface area contributed by atoms with Gasteiger partial charge in [0.15, 0.2) is 0 Å². The summed E-state index contributed by atoms with van der Waals surface area (Å²) in [7, 11) is 0. The fourth-order valence-corrected chi connectivity index (χ4v) is 5.93. The lowest BCUT2D eigenvalue weighted by Gasteiger charge is -2.29. The minimum atomic E-state index is -0.476. The molecule has 2 amide bonds. The zero-order chi connectivity index (χ0) is 16.9. The molecule has 2 fully saturated rings. The number of piperidine rings is 1. The molecule has 0 aliphatic carbocycles. The molecule has 2 heterocycles. The van der Waals surface area contributed by atoms with Crippen molar-refractivity contribution in [3.8, 4) is 0 Å². The van der Waals surface area contributed by atoms with Gasteiger partial charge in [0, 0.05) is 30.2 Å². The molecular formula is C18H24N2O2S2. The van der Waals surface area contributed by atoms with Crippen LogP contribution in [-0.2, 0) is 4.79 Å². The van der Waals surface area contributed by atoms with Crippen molar-refractivity contribution in [3.63, 3.8) is 0 Å². The van der Waals surface area contributed by atoms with Crippen molar-refractivity contribution in [2.75, 3.05) is 24.6 Å². The van der Waals surface area contributed by atoms with Crippen molar-refractivity contribution in [2.45, 2.75) is 36.8 Å². The van der Waals surface area contributed by atoms with Crippen molar-refractivity contribution >= 4 is 35.3 Å². The normalized spacial score (nSPS) is 20.0. The number of likely N-dealkylation sites (tertiary alicyclic amines) is 1. The second-order valence-corrected chi connectivity index (χ2v) is 9.00. The van der Waals surface area contributed by atoms with Crippen LogP contribution in [0.5, 0.6) is 0 Å². The molecular weight excluding hydrogens is 340 g/mol. The monoisotopic (exact) mass is 364 g/mol. The van der Waals surface area contributed by atoms with Crippen LogP contribution in [-0.4, -0.2) is 47.4 Å². The molecule has 2 saturated heterocycles. The van der Waals surface area contributed by atoms with E-state index in [-0.39, 0.29) is 11.8 Å². The quantitative estimate of drug-likeness (QED) is 0.891. The van der Waals surface area contributed by atoms with Crippen LogP contribution < -0.4 is 5.32 Å². The highest BCUT2D eigenvalue weighted by Gasteiger charge is 2.24. The molecule has 130 valence electrons. The summed E-state index contributed by atoms with van der Waals surface area (Å²) in [6.07, 6.45) is 3.31. The zero-order valence-electron chi connectivity index (χ0n) is 14.0. The van der Waals surface area contributed by atoms with Gasteiger partial charge in [-0.15, -0.1) is 23.5 Å². The number of rotatable bonds is 4. The topological polar surface area (TPSA) is 49.4 Å². The Morgan fingerprint density at radius 1 is 1.08 bits per heavy atom. The number of benzene rings is 1. The second kappa shape index (κ2) is 8.30. The fourth-order valence-electron chi connectivity index (χ4n) is 3.07. The summed E-state index contributed by atoms with van der Waals surface area (Å²) >= 11 is 3.90. The average molecular weight is 365 g/mol. The zero-order valence-corrected chi connectivity index (χ0v) is 15.6. The number of hydrogen-bond donors (Lipinski definition) is 1. The number of nitrogens with zero attached hydrogens (tertiary/aromatic N) is 1. The van der Waals surface area contributed by atoms with Crippen molar-refractivity contribution in [3.05, 3.63) is 35.4 Å². The van der Waals surface area contributed by atoms with Crippen LogP contribution in [0.15, 0.2) is 24.3 Å². The van der Waals surface area contributed by atoms with Gasteiger partial charge in [-0.25, -0.2) is 0 Å². The lowest BCUT2D eigenvalue weighted by atomic mass is 10.1. The van der Waals surface area contributed by atoms with E-state index in [2.05, 4.69) is 5.32 Å². The summed E-state index contributed by atoms with van der Waals surface area (Å²) in [6.45, 7) is 3.39. The van der Waals surface area contributed by atoms with E-state index in [1.54, 1.807) is 6.92 Å². The van der Waals surface area contributed by atoms with Gasteiger partial charge in [-0.2, -0.15) is 0 Å². The summed E-state index contributed by atoms with van der Waals surface area (Å²) in [5.41, 5.74) is 1.88. The summed E-state index contributed by atoms with van der Waals surface area (Å²) in [6, 6.07) is 7.31. The Labute approximate surface area is 152 Å². The Hall–Kier alpha value is -1.14. The number of hydrogen-bond acceptors (Lipinski definition) is 4. The molecule has 1 atom stereocenters. The van der Waals surface area contributed by atoms with E-state index < -0.39 is 6.04 Å². The predicted octanol–water partition coefficient (Wildman–Crippen LogP) is 3.30. The van der Waals surface area contributed by atoms with Crippen molar-refractivity contribution in [1.82, 2.24) is 10.2 Å². The lowest BCUT2D eigenvalue weighted by Crippen LogP contribution is -2.48. The van der Waals surface area contributed by atoms with Gasteiger partial charge in [0.2, 0.25) is 5.91 Å². The molecule has 0 aromatic heterocycles. The highest BCUT2D eigenvalue weighted by atomic mass is 32.2. The first-order valence-electron chi connectivity index (χ1n) is 8.58. The molecule has 0 spiro atoms. The maximum Gasteiger partial charge on any atom is 0.251 e. The molecule has 1 N–H and O–H groups in total. The molecule has 1 aromatic carbocycles. The van der Waals surface area contributed by atoms with Crippen LogP contribution in [0.2, 0.25) is 0 Å². The van der Waals surface area contributed by atoms with Gasteiger partial charge in [0.05, 0.1) is 4.58 Å². The first kappa shape index (κ1) is 17.7. The Morgan fingerprint density at radius 3 is 2.33 bits per heavy atom. The molecule has 24 heavy (non-hydrogen) atoms. The van der Waals surface area contributed by atoms with Crippen LogP contribution in [0.3, 0.4) is 0 Å². The number of nitrogens with one attached hydrogen (secondary N) is 1. The minimum Gasteiger partial charge on any atom is -0.341 e. The third kappa shape index (κ3) is 4.28. The lowest BCUT2D eigenvalue weighted by molar-refractivity contribution is -0.133. The maximum atomic E-state index is 12.4. The molecule has 0 unspecified atom stereocenters. The molecule has 0 bridgehead atoms. The minimum absolute atomic E-state index is 0.0263. The summed E-state index contributed by atoms with van der Waals surface area (Å²) in [5, 5.41) is 2.84. The van der Waals surface area contributed by atoms with Crippen LogP contribution in [0.1, 0.15) is 46.7 Å². The molecule has 6 heteroatoms. The van der Waals surface area contributed by atoms with E-state index >= 15 is 0 Å². The first-order chi connectivity index (χ1) is 11.6. The molecule has 2 aliphatic rings. The molecule has 2 aliphatic heterocycles. The smallest absolute Gasteiger partial charge is 0.251 e. The Bertz CT molecular complexity index is 579. The van der Waals surface area contributed by atoms with Gasteiger partial charge in [-0.05, 0) is 43.9 Å². The number of amides is 2. The van der Waals surface area contributed by atoms with Gasteiger partial charge in [0.1, 0.15) is 6.04 Å². The van der Waals surface area contributed by atoms with E-state index in [4.69, 9.17) is 0 Å². The van der Waals surface area contributed by atoms with Gasteiger partial charge in [0.25, 0.3) is 5.91 Å². The van der Waals surface area contributed by atoms with Crippen LogP contribution in [0, 0.1) is 0 Å². The molecule has 0 radical (unpaired) electrons. The number of carbonyl (C=O) groups is 2. The predicted molar refractivity (Wildman–Crippen MR) is 101 cm³/mol. The summed E-state index contributed by atoms with van der Waals surface area (Å²) < 4.78 is 0.488. The van der Waals surface area contributed by atoms with E-state index in [9.17, 15) is 9.59 Å². The molecule has 0 saturated carbocycles. The van der Waals surface area contributed by atoms with Crippen molar-refractivity contribution in [1.29, 1.82) is 0 Å². The first-order valence-corrected chi connectivity index (χ1v) is 10.7. The Morgan fingerprint density at radius 2 is 1.71 bits per heavy atom. The highest BCUT2D eigenvalue weighted by molar-refractivity contribution is 8.19. The van der Waals surface area contributed by atoms with Crippen LogP contribution in [0.25, 0.3) is 0 Å². The van der Waals surface area contributed by atoms with Gasteiger partial charge < -0.3 is 10.2 Å².